The van der Waals surface area contributed by atoms with Gasteiger partial charge in [-0.3, -0.25) is 0 Å². The van der Waals surface area contributed by atoms with Crippen molar-refractivity contribution in [3.63, 3.8) is 0 Å². The van der Waals surface area contributed by atoms with Crippen molar-refractivity contribution in [1.82, 2.24) is 0 Å². The van der Waals surface area contributed by atoms with Gasteiger partial charge in [0.15, 0.2) is 11.5 Å². The molecule has 1 heterocycles. The lowest BCUT2D eigenvalue weighted by molar-refractivity contribution is -0.136. The predicted molar refractivity (Wildman–Crippen MR) is 69.0 cm³/mol. The van der Waals surface area contributed by atoms with E-state index in [4.69, 9.17) is 15.2 Å². The molecule has 7 nitrogen and oxygen atoms in total. The zero-order valence-electron chi connectivity index (χ0n) is 11.0. The molecule has 0 spiro atoms. The molecule has 7 heteroatoms. The molecule has 2 N–H and O–H groups in total. The van der Waals surface area contributed by atoms with Gasteiger partial charge in [0.25, 0.3) is 0 Å². The molecule has 1 aliphatic rings. The molecule has 0 fully saturated rings. The first-order chi connectivity index (χ1) is 9.56. The molecule has 0 saturated carbocycles. The Hall–Kier alpha value is -2.70. The summed E-state index contributed by atoms with van der Waals surface area (Å²) < 4.78 is 19.5. The number of nitrogen functional groups attached to an aromatic ring is 1. The van der Waals surface area contributed by atoms with E-state index >= 15 is 0 Å². The lowest BCUT2D eigenvalue weighted by atomic mass is 10.0. The standard InChI is InChI=1S/C13H13NO6/c1-17-12(15)4-8(13(16)18-2)7-3-10-11(5-9(7)14)20-6-19-10/h3-5H,6,14H2,1-2H3/b8-4-. The maximum Gasteiger partial charge on any atom is 0.338 e. The average molecular weight is 279 g/mol. The van der Waals surface area contributed by atoms with Gasteiger partial charge in [0, 0.05) is 23.4 Å². The number of fused-ring (bicyclic) bond motifs is 1. The number of rotatable bonds is 3. The van der Waals surface area contributed by atoms with E-state index in [0.29, 0.717) is 17.1 Å². The van der Waals surface area contributed by atoms with Gasteiger partial charge >= 0.3 is 11.9 Å². The Kier molecular flexibility index (Phi) is 3.79. The van der Waals surface area contributed by atoms with Crippen molar-refractivity contribution in [2.24, 2.45) is 0 Å². The number of nitrogens with two attached hydrogens (primary N) is 1. The van der Waals surface area contributed by atoms with Crippen LogP contribution in [0.15, 0.2) is 18.2 Å². The van der Waals surface area contributed by atoms with Crippen molar-refractivity contribution in [2.75, 3.05) is 26.7 Å². The molecule has 0 atom stereocenters. The Labute approximate surface area is 114 Å². The van der Waals surface area contributed by atoms with E-state index in [1.54, 1.807) is 0 Å². The molecule has 0 amide bonds. The predicted octanol–water partition coefficient (Wildman–Crippen LogP) is 0.727. The molecule has 0 aromatic heterocycles. The Morgan fingerprint density at radius 2 is 1.85 bits per heavy atom. The van der Waals surface area contributed by atoms with Gasteiger partial charge in [-0.1, -0.05) is 0 Å². The van der Waals surface area contributed by atoms with E-state index < -0.39 is 11.9 Å². The number of methoxy groups -OCH3 is 2. The summed E-state index contributed by atoms with van der Waals surface area (Å²) in [7, 11) is 2.41. The van der Waals surface area contributed by atoms with E-state index in [1.165, 1.54) is 26.4 Å². The zero-order chi connectivity index (χ0) is 14.7. The first-order valence-corrected chi connectivity index (χ1v) is 5.64. The Morgan fingerprint density at radius 3 is 2.45 bits per heavy atom. The van der Waals surface area contributed by atoms with Crippen LogP contribution >= 0.6 is 0 Å². The van der Waals surface area contributed by atoms with Gasteiger partial charge in [-0.25, -0.2) is 9.59 Å². The Bertz CT molecular complexity index is 593. The van der Waals surface area contributed by atoms with Gasteiger partial charge in [-0.2, -0.15) is 0 Å². The molecule has 0 bridgehead atoms. The average Bonchev–Trinajstić information content (AvgIpc) is 2.90. The highest BCUT2D eigenvalue weighted by Gasteiger charge is 2.22. The maximum absolute atomic E-state index is 11.8. The SMILES string of the molecule is COC(=O)/C=C(\C(=O)OC)c1cc2c(cc1N)OCO2. The highest BCUT2D eigenvalue weighted by Crippen LogP contribution is 2.38. The summed E-state index contributed by atoms with van der Waals surface area (Å²) in [5.74, 6) is -0.481. The third-order valence-corrected chi connectivity index (χ3v) is 2.70. The fourth-order valence-corrected chi connectivity index (χ4v) is 1.72. The van der Waals surface area contributed by atoms with Gasteiger partial charge in [0.1, 0.15) is 0 Å². The number of carbonyl (C=O) groups is 2. The van der Waals surface area contributed by atoms with E-state index in [2.05, 4.69) is 9.47 Å². The van der Waals surface area contributed by atoms with Crippen LogP contribution in [-0.2, 0) is 19.1 Å². The number of carbonyl (C=O) groups excluding carboxylic acids is 2. The number of esters is 2. The summed E-state index contributed by atoms with van der Waals surface area (Å²) in [5.41, 5.74) is 6.42. The molecule has 0 unspecified atom stereocenters. The molecular formula is C13H13NO6. The van der Waals surface area contributed by atoms with E-state index in [1.807, 2.05) is 0 Å². The summed E-state index contributed by atoms with van der Waals surface area (Å²) in [4.78, 5) is 23.1. The summed E-state index contributed by atoms with van der Waals surface area (Å²) in [6, 6.07) is 3.04. The first-order valence-electron chi connectivity index (χ1n) is 5.64. The van der Waals surface area contributed by atoms with Crippen LogP contribution in [0.5, 0.6) is 11.5 Å². The monoisotopic (exact) mass is 279 g/mol. The second-order valence-electron chi connectivity index (χ2n) is 3.87. The molecule has 0 aliphatic carbocycles. The third kappa shape index (κ3) is 2.51. The van der Waals surface area contributed by atoms with Crippen molar-refractivity contribution in [3.8, 4) is 11.5 Å². The fourth-order valence-electron chi connectivity index (χ4n) is 1.72. The number of hydrogen-bond donors (Lipinski definition) is 1. The number of ether oxygens (including phenoxy) is 4. The number of anilines is 1. The molecule has 0 saturated heterocycles. The van der Waals surface area contributed by atoms with Crippen LogP contribution in [0.2, 0.25) is 0 Å². The van der Waals surface area contributed by atoms with Crippen molar-refractivity contribution in [2.45, 2.75) is 0 Å². The molecule has 1 aliphatic heterocycles. The zero-order valence-corrected chi connectivity index (χ0v) is 11.0. The van der Waals surface area contributed by atoms with Crippen LogP contribution in [0, 0.1) is 0 Å². The summed E-state index contributed by atoms with van der Waals surface area (Å²) >= 11 is 0. The van der Waals surface area contributed by atoms with Crippen molar-refractivity contribution < 1.29 is 28.5 Å². The van der Waals surface area contributed by atoms with Gasteiger partial charge in [0.2, 0.25) is 6.79 Å². The highest BCUT2D eigenvalue weighted by molar-refractivity contribution is 6.21. The van der Waals surface area contributed by atoms with Crippen molar-refractivity contribution in [1.29, 1.82) is 0 Å². The third-order valence-electron chi connectivity index (χ3n) is 2.70. The minimum absolute atomic E-state index is 0.0184. The van der Waals surface area contributed by atoms with Gasteiger partial charge in [-0.15, -0.1) is 0 Å². The highest BCUT2D eigenvalue weighted by atomic mass is 16.7. The first kappa shape index (κ1) is 13.7. The number of benzene rings is 1. The molecule has 106 valence electrons. The van der Waals surface area contributed by atoms with E-state index in [9.17, 15) is 9.59 Å². The topological polar surface area (TPSA) is 97.1 Å². The quantitative estimate of drug-likeness (QED) is 0.494. The summed E-state index contributed by atoms with van der Waals surface area (Å²) in [5, 5.41) is 0. The largest absolute Gasteiger partial charge is 0.466 e. The maximum atomic E-state index is 11.8. The van der Waals surface area contributed by atoms with E-state index in [-0.39, 0.29) is 18.1 Å². The second-order valence-corrected chi connectivity index (χ2v) is 3.87. The molecule has 1 aromatic rings. The Morgan fingerprint density at radius 1 is 1.20 bits per heavy atom. The van der Waals surface area contributed by atoms with Crippen LogP contribution in [0.3, 0.4) is 0 Å². The molecule has 1 aromatic carbocycles. The van der Waals surface area contributed by atoms with Crippen LogP contribution in [0.4, 0.5) is 5.69 Å². The smallest absolute Gasteiger partial charge is 0.338 e. The van der Waals surface area contributed by atoms with E-state index in [0.717, 1.165) is 6.08 Å². The second kappa shape index (κ2) is 5.52. The van der Waals surface area contributed by atoms with Crippen LogP contribution < -0.4 is 15.2 Å². The van der Waals surface area contributed by atoms with Crippen LogP contribution in [-0.4, -0.2) is 33.0 Å². The van der Waals surface area contributed by atoms with Gasteiger partial charge in [-0.05, 0) is 6.07 Å². The minimum Gasteiger partial charge on any atom is -0.466 e. The van der Waals surface area contributed by atoms with Crippen LogP contribution in [0.25, 0.3) is 5.57 Å². The Balaban J connectivity index is 2.52. The van der Waals surface area contributed by atoms with Crippen LogP contribution in [0.1, 0.15) is 5.56 Å². The molecular weight excluding hydrogens is 266 g/mol. The molecule has 2 rings (SSSR count). The minimum atomic E-state index is -0.707. The van der Waals surface area contributed by atoms with Gasteiger partial charge < -0.3 is 24.7 Å². The molecule has 20 heavy (non-hydrogen) atoms. The van der Waals surface area contributed by atoms with Crippen molar-refractivity contribution in [3.05, 3.63) is 23.8 Å². The normalized spacial score (nSPS) is 13.0. The van der Waals surface area contributed by atoms with Crippen molar-refractivity contribution >= 4 is 23.2 Å². The lowest BCUT2D eigenvalue weighted by Gasteiger charge is -2.09. The summed E-state index contributed by atoms with van der Waals surface area (Å²) in [6.07, 6.45) is 1.01. The lowest BCUT2D eigenvalue weighted by Crippen LogP contribution is -2.09. The number of hydrogen-bond acceptors (Lipinski definition) is 7. The fraction of sp³-hybridized carbons (Fsp3) is 0.231. The summed E-state index contributed by atoms with van der Waals surface area (Å²) in [6.45, 7) is 0.0759. The van der Waals surface area contributed by atoms with Gasteiger partial charge in [0.05, 0.1) is 19.8 Å². The molecule has 0 radical (unpaired) electrons.